The van der Waals surface area contributed by atoms with Gasteiger partial charge in [0.15, 0.2) is 0 Å². The van der Waals surface area contributed by atoms with Gasteiger partial charge in [0.1, 0.15) is 5.82 Å². The maximum Gasteiger partial charge on any atom is 0.267 e. The lowest BCUT2D eigenvalue weighted by molar-refractivity contribution is 0.0756. The molecule has 1 N–H and O–H groups in total. The van der Waals surface area contributed by atoms with Crippen LogP contribution in [-0.2, 0) is 25.7 Å². The molecule has 0 bridgehead atoms. The molecule has 6 nitrogen and oxygen atoms in total. The van der Waals surface area contributed by atoms with Crippen LogP contribution >= 0.6 is 0 Å². The van der Waals surface area contributed by atoms with Crippen LogP contribution < -0.4 is 5.56 Å². The van der Waals surface area contributed by atoms with E-state index in [4.69, 9.17) is 0 Å². The Morgan fingerprint density at radius 3 is 2.56 bits per heavy atom. The number of amides is 1. The van der Waals surface area contributed by atoms with Crippen LogP contribution in [0.3, 0.4) is 0 Å². The van der Waals surface area contributed by atoms with Crippen molar-refractivity contribution in [2.75, 3.05) is 32.7 Å². The molecule has 7 heteroatoms. The molecule has 0 saturated carbocycles. The van der Waals surface area contributed by atoms with E-state index in [0.717, 1.165) is 80.5 Å². The second-order valence-electron chi connectivity index (χ2n) is 9.88. The van der Waals surface area contributed by atoms with Crippen molar-refractivity contribution in [3.8, 4) is 0 Å². The van der Waals surface area contributed by atoms with Gasteiger partial charge in [-0.3, -0.25) is 9.59 Å². The van der Waals surface area contributed by atoms with E-state index >= 15 is 0 Å². The molecule has 0 unspecified atom stereocenters. The van der Waals surface area contributed by atoms with Crippen molar-refractivity contribution >= 4 is 5.91 Å². The van der Waals surface area contributed by atoms with E-state index in [2.05, 4.69) is 39.4 Å². The smallest absolute Gasteiger partial charge is 0.267 e. The van der Waals surface area contributed by atoms with Crippen LogP contribution in [0, 0.1) is 5.82 Å². The molecule has 1 aromatic heterocycles. The average Bonchev–Trinajstić information content (AvgIpc) is 3.16. The SMILES string of the molecule is O=C(c1cc(Cc2n[nH]c(=O)c3c2CCCC3)ccc1F)N1CCCN(CCc2ccccc2)CC1. The molecule has 5 rings (SSSR count). The Labute approximate surface area is 211 Å². The van der Waals surface area contributed by atoms with E-state index < -0.39 is 5.82 Å². The fourth-order valence-corrected chi connectivity index (χ4v) is 5.41. The number of fused-ring (bicyclic) bond motifs is 1. The Kier molecular flexibility index (Phi) is 7.56. The van der Waals surface area contributed by atoms with Crippen molar-refractivity contribution in [2.24, 2.45) is 0 Å². The fraction of sp³-hybridized carbons (Fsp3) is 0.414. The largest absolute Gasteiger partial charge is 0.337 e. The number of aromatic amines is 1. The second kappa shape index (κ2) is 11.2. The molecule has 1 aliphatic heterocycles. The summed E-state index contributed by atoms with van der Waals surface area (Å²) in [5.74, 6) is -0.749. The number of hydrogen-bond donors (Lipinski definition) is 1. The van der Waals surface area contributed by atoms with E-state index in [1.54, 1.807) is 17.0 Å². The van der Waals surface area contributed by atoms with Crippen LogP contribution in [0.15, 0.2) is 53.3 Å². The number of rotatable bonds is 6. The summed E-state index contributed by atoms with van der Waals surface area (Å²) >= 11 is 0. The number of halogens is 1. The van der Waals surface area contributed by atoms with E-state index in [1.807, 2.05) is 6.07 Å². The number of carbonyl (C=O) groups is 1. The highest BCUT2D eigenvalue weighted by molar-refractivity contribution is 5.94. The van der Waals surface area contributed by atoms with E-state index in [9.17, 15) is 14.0 Å². The molecule has 2 aromatic carbocycles. The van der Waals surface area contributed by atoms with Gasteiger partial charge in [0, 0.05) is 38.2 Å². The molecule has 1 fully saturated rings. The lowest BCUT2D eigenvalue weighted by Crippen LogP contribution is -2.36. The predicted molar refractivity (Wildman–Crippen MR) is 138 cm³/mol. The molecule has 2 aliphatic rings. The number of benzene rings is 2. The first kappa shape index (κ1) is 24.4. The summed E-state index contributed by atoms with van der Waals surface area (Å²) in [6.07, 6.45) is 5.97. The standard InChI is InChI=1S/C29H33FN4O2/c30-26-12-11-22(20-27-23-9-4-5-10-24(23)28(35)32-31-27)19-25(26)29(36)34-15-6-14-33(17-18-34)16-13-21-7-2-1-3-8-21/h1-3,7-8,11-12,19H,4-6,9-10,13-18,20H2,(H,32,35). The molecule has 1 saturated heterocycles. The van der Waals surface area contributed by atoms with Crippen molar-refractivity contribution < 1.29 is 9.18 Å². The van der Waals surface area contributed by atoms with Crippen molar-refractivity contribution in [3.05, 3.63) is 98.2 Å². The van der Waals surface area contributed by atoms with Gasteiger partial charge in [-0.25, -0.2) is 9.49 Å². The van der Waals surface area contributed by atoms with Gasteiger partial charge in [-0.15, -0.1) is 0 Å². The maximum absolute atomic E-state index is 14.8. The summed E-state index contributed by atoms with van der Waals surface area (Å²) in [5.41, 5.74) is 4.80. The third-order valence-electron chi connectivity index (χ3n) is 7.45. The van der Waals surface area contributed by atoms with E-state index in [0.29, 0.717) is 19.5 Å². The number of carbonyl (C=O) groups excluding carboxylic acids is 1. The van der Waals surface area contributed by atoms with E-state index in [-0.39, 0.29) is 17.0 Å². The van der Waals surface area contributed by atoms with Crippen LogP contribution in [-0.4, -0.2) is 58.6 Å². The first-order valence-electron chi connectivity index (χ1n) is 13.0. The minimum atomic E-state index is -0.495. The zero-order chi connectivity index (χ0) is 24.9. The minimum absolute atomic E-state index is 0.109. The summed E-state index contributed by atoms with van der Waals surface area (Å²) in [5, 5.41) is 6.92. The van der Waals surface area contributed by atoms with Gasteiger partial charge in [0.05, 0.1) is 11.3 Å². The summed E-state index contributed by atoms with van der Waals surface area (Å²) in [6, 6.07) is 15.2. The zero-order valence-corrected chi connectivity index (χ0v) is 20.6. The first-order valence-corrected chi connectivity index (χ1v) is 13.0. The van der Waals surface area contributed by atoms with Crippen LogP contribution in [0.2, 0.25) is 0 Å². The molecule has 1 aliphatic carbocycles. The summed E-state index contributed by atoms with van der Waals surface area (Å²) in [7, 11) is 0. The number of nitrogens with zero attached hydrogens (tertiary/aromatic N) is 3. The Morgan fingerprint density at radius 1 is 0.917 bits per heavy atom. The molecule has 1 amide bonds. The van der Waals surface area contributed by atoms with Gasteiger partial charge < -0.3 is 9.80 Å². The predicted octanol–water partition coefficient (Wildman–Crippen LogP) is 3.77. The topological polar surface area (TPSA) is 69.3 Å². The monoisotopic (exact) mass is 488 g/mol. The summed E-state index contributed by atoms with van der Waals surface area (Å²) in [6.45, 7) is 3.88. The number of nitrogens with one attached hydrogen (secondary N) is 1. The lowest BCUT2D eigenvalue weighted by atomic mass is 9.90. The normalized spacial score (nSPS) is 16.4. The number of aromatic nitrogens is 2. The van der Waals surface area contributed by atoms with Crippen molar-refractivity contribution in [2.45, 2.75) is 44.9 Å². The van der Waals surface area contributed by atoms with Gasteiger partial charge in [-0.2, -0.15) is 5.10 Å². The minimum Gasteiger partial charge on any atom is -0.337 e. The number of hydrogen-bond acceptors (Lipinski definition) is 4. The van der Waals surface area contributed by atoms with Crippen molar-refractivity contribution in [1.82, 2.24) is 20.0 Å². The first-order chi connectivity index (χ1) is 17.6. The van der Waals surface area contributed by atoms with Crippen LogP contribution in [0.4, 0.5) is 4.39 Å². The zero-order valence-electron chi connectivity index (χ0n) is 20.6. The molecule has 0 radical (unpaired) electrons. The Hall–Kier alpha value is -3.32. The van der Waals surface area contributed by atoms with Crippen LogP contribution in [0.1, 0.15) is 57.6 Å². The van der Waals surface area contributed by atoms with Crippen molar-refractivity contribution in [1.29, 1.82) is 0 Å². The third kappa shape index (κ3) is 5.57. The molecular formula is C29H33FN4O2. The Balaban J connectivity index is 1.26. The van der Waals surface area contributed by atoms with Gasteiger partial charge in [-0.1, -0.05) is 36.4 Å². The molecule has 3 aromatic rings. The highest BCUT2D eigenvalue weighted by Crippen LogP contribution is 2.23. The molecule has 0 spiro atoms. The highest BCUT2D eigenvalue weighted by atomic mass is 19.1. The Bertz CT molecular complexity index is 1270. The Morgan fingerprint density at radius 2 is 1.72 bits per heavy atom. The number of H-pyrrole nitrogens is 1. The molecule has 2 heterocycles. The van der Waals surface area contributed by atoms with Crippen LogP contribution in [0.5, 0.6) is 0 Å². The van der Waals surface area contributed by atoms with Crippen LogP contribution in [0.25, 0.3) is 0 Å². The van der Waals surface area contributed by atoms with Gasteiger partial charge in [0.25, 0.3) is 11.5 Å². The second-order valence-corrected chi connectivity index (χ2v) is 9.88. The van der Waals surface area contributed by atoms with Gasteiger partial charge in [0.2, 0.25) is 0 Å². The summed E-state index contributed by atoms with van der Waals surface area (Å²) < 4.78 is 14.8. The van der Waals surface area contributed by atoms with Crippen molar-refractivity contribution in [3.63, 3.8) is 0 Å². The van der Waals surface area contributed by atoms with Gasteiger partial charge >= 0.3 is 0 Å². The summed E-state index contributed by atoms with van der Waals surface area (Å²) in [4.78, 5) is 29.7. The maximum atomic E-state index is 14.8. The van der Waals surface area contributed by atoms with Gasteiger partial charge in [-0.05, 0) is 73.9 Å². The molecule has 188 valence electrons. The quantitative estimate of drug-likeness (QED) is 0.574. The average molecular weight is 489 g/mol. The molecular weight excluding hydrogens is 455 g/mol. The molecule has 0 atom stereocenters. The van der Waals surface area contributed by atoms with E-state index in [1.165, 1.54) is 11.6 Å². The fourth-order valence-electron chi connectivity index (χ4n) is 5.41. The lowest BCUT2D eigenvalue weighted by Gasteiger charge is -2.22. The molecule has 36 heavy (non-hydrogen) atoms. The third-order valence-corrected chi connectivity index (χ3v) is 7.45. The highest BCUT2D eigenvalue weighted by Gasteiger charge is 2.24.